The van der Waals surface area contributed by atoms with Gasteiger partial charge in [0.2, 0.25) is 0 Å². The third-order valence-corrected chi connectivity index (χ3v) is 0. The second kappa shape index (κ2) is 20.6. The maximum Gasteiger partial charge on any atom is 0.282 e. The molecule has 0 N–H and O–H groups in total. The SMILES string of the molecule is [O-][I+2]([O-])[O-].[O-][I+2]([O-])[O-].[O-][I+2]([O-])[O-].[Pm]. The normalized spacial score (nSPS) is 8.31. The molecule has 0 spiro atoms. The minimum atomic E-state index is -4.01. The van der Waals surface area contributed by atoms with Gasteiger partial charge in [0.25, 0.3) is 63.2 Å². The van der Waals surface area contributed by atoms with Crippen molar-refractivity contribution in [2.24, 2.45) is 0 Å². The molecule has 0 rings (SSSR count). The average Bonchev–Trinajstić information content (AvgIpc) is 1.54. The molecule has 1 radical (unpaired) electrons. The molecule has 0 bridgehead atoms. The van der Waals surface area contributed by atoms with Crippen molar-refractivity contribution in [3.63, 3.8) is 0 Å². The summed E-state index contributed by atoms with van der Waals surface area (Å²) >= 11 is -12.0. The molecule has 0 aliphatic rings. The Morgan fingerprint density at radius 1 is 0.385 bits per heavy atom. The van der Waals surface area contributed by atoms with E-state index in [0.29, 0.717) is 0 Å². The molecule has 9 nitrogen and oxygen atoms in total. The molecule has 0 saturated heterocycles. The monoisotopic (exact) mass is 670 g/mol. The molecule has 13 heteroatoms. The molecule has 0 amide bonds. The standard InChI is InChI=1S/3IO3.Pm/c3*2-1(3)4;/q3*-1;. The van der Waals surface area contributed by atoms with E-state index in [1.165, 1.54) is 0 Å². The van der Waals surface area contributed by atoms with Gasteiger partial charge in [0.1, 0.15) is 0 Å². The van der Waals surface area contributed by atoms with Crippen molar-refractivity contribution in [1.29, 1.82) is 0 Å². The van der Waals surface area contributed by atoms with Crippen LogP contribution in [0.15, 0.2) is 0 Å². The van der Waals surface area contributed by atoms with Gasteiger partial charge in [0.05, 0.1) is 0 Å². The number of rotatable bonds is 0. The molecule has 0 saturated carbocycles. The summed E-state index contributed by atoms with van der Waals surface area (Å²) in [6.07, 6.45) is 0. The number of halogens is 3. The maximum absolute atomic E-state index is 8.57. The van der Waals surface area contributed by atoms with Crippen LogP contribution in [0, 0.1) is 40.4 Å². The van der Waals surface area contributed by atoms with Crippen molar-refractivity contribution in [3.05, 3.63) is 0 Å². The summed E-state index contributed by atoms with van der Waals surface area (Å²) in [5, 5.41) is 0. The van der Waals surface area contributed by atoms with Crippen molar-refractivity contribution < 1.29 is 135 Å². The van der Waals surface area contributed by atoms with Gasteiger partial charge in [0, 0.05) is 40.4 Å². The van der Waals surface area contributed by atoms with Crippen LogP contribution in [0.1, 0.15) is 0 Å². The topological polar surface area (TPSA) is 208 Å². The summed E-state index contributed by atoms with van der Waals surface area (Å²) in [5.74, 6) is 0. The van der Waals surface area contributed by atoms with Crippen LogP contribution in [-0.4, -0.2) is 0 Å². The predicted molar refractivity (Wildman–Crippen MR) is 0 cm³/mol. The van der Waals surface area contributed by atoms with Crippen molar-refractivity contribution in [3.8, 4) is 0 Å². The van der Waals surface area contributed by atoms with Crippen LogP contribution in [0.4, 0.5) is 0 Å². The van der Waals surface area contributed by atoms with Gasteiger partial charge in [-0.2, -0.15) is 0 Å². The van der Waals surface area contributed by atoms with E-state index in [-0.39, 0.29) is 40.4 Å². The van der Waals surface area contributed by atoms with Crippen LogP contribution < -0.4 is 94.1 Å². The van der Waals surface area contributed by atoms with Gasteiger partial charge in [-0.3, -0.25) is 0 Å². The predicted octanol–water partition coefficient (Wildman–Crippen LogP) is -19.7. The summed E-state index contributed by atoms with van der Waals surface area (Å²) < 4.78 is 77.2. The minimum Gasteiger partial charge on any atom is -0.427 e. The van der Waals surface area contributed by atoms with E-state index >= 15 is 0 Å². The fourth-order valence-electron chi connectivity index (χ4n) is 0. The Hall–Kier alpha value is 3.17. The summed E-state index contributed by atoms with van der Waals surface area (Å²) in [6.45, 7) is 0. The van der Waals surface area contributed by atoms with Crippen LogP contribution >= 0.6 is 0 Å². The Bertz CT molecular complexity index is 43.4. The second-order valence-electron chi connectivity index (χ2n) is 0.567. The molecule has 0 heterocycles. The number of hydrogen-bond acceptors (Lipinski definition) is 9. The van der Waals surface area contributed by atoms with Crippen molar-refractivity contribution in [1.82, 2.24) is 0 Å². The third-order valence-electron chi connectivity index (χ3n) is 0. The van der Waals surface area contributed by atoms with Crippen LogP contribution in [0.25, 0.3) is 0 Å². The zero-order valence-electron chi connectivity index (χ0n) is 5.26. The van der Waals surface area contributed by atoms with Crippen molar-refractivity contribution >= 4 is 0 Å². The summed E-state index contributed by atoms with van der Waals surface area (Å²) in [5.41, 5.74) is 0. The Labute approximate surface area is 132 Å². The van der Waals surface area contributed by atoms with Crippen LogP contribution in [0.3, 0.4) is 0 Å². The van der Waals surface area contributed by atoms with Gasteiger partial charge in [-0.15, -0.1) is 0 Å². The Morgan fingerprint density at radius 3 is 0.385 bits per heavy atom. The molecule has 83 valence electrons. The van der Waals surface area contributed by atoms with E-state index in [4.69, 9.17) is 30.9 Å². The fourth-order valence-corrected chi connectivity index (χ4v) is 0. The quantitative estimate of drug-likeness (QED) is 0.224. The molecular weight excluding hydrogens is 670 g/mol. The Kier molecular flexibility index (Phi) is 39.7. The molecule has 0 aliphatic heterocycles. The Balaban J connectivity index is -0.0000000450. The van der Waals surface area contributed by atoms with Gasteiger partial charge in [-0.05, 0) is 0 Å². The molecule has 0 fully saturated rings. The van der Waals surface area contributed by atoms with E-state index in [9.17, 15) is 0 Å². The zero-order chi connectivity index (χ0) is 10.7. The summed E-state index contributed by atoms with van der Waals surface area (Å²) in [7, 11) is 0. The van der Waals surface area contributed by atoms with Crippen molar-refractivity contribution in [2.45, 2.75) is 0 Å². The van der Waals surface area contributed by atoms with E-state index < -0.39 is 63.2 Å². The maximum atomic E-state index is 8.57. The molecule has 0 aromatic rings. The molecule has 0 aromatic heterocycles. The van der Waals surface area contributed by atoms with Gasteiger partial charge in [-0.1, -0.05) is 0 Å². The van der Waals surface area contributed by atoms with Gasteiger partial charge < -0.3 is 30.9 Å². The van der Waals surface area contributed by atoms with E-state index in [1.54, 1.807) is 0 Å². The van der Waals surface area contributed by atoms with Crippen LogP contribution in [0.2, 0.25) is 0 Å². The van der Waals surface area contributed by atoms with Gasteiger partial charge >= 0.3 is 0 Å². The first kappa shape index (κ1) is 25.1. The van der Waals surface area contributed by atoms with Crippen molar-refractivity contribution in [2.75, 3.05) is 0 Å². The summed E-state index contributed by atoms with van der Waals surface area (Å²) in [4.78, 5) is 0. The molecule has 0 unspecified atom stereocenters. The van der Waals surface area contributed by atoms with E-state index in [0.717, 1.165) is 0 Å². The van der Waals surface area contributed by atoms with Gasteiger partial charge in [-0.25, -0.2) is 0 Å². The molecule has 0 aliphatic carbocycles. The first-order valence-corrected chi connectivity index (χ1v) is 9.32. The zero-order valence-corrected chi connectivity index (χ0v) is 14.6. The third kappa shape index (κ3) is 262. The van der Waals surface area contributed by atoms with Crippen LogP contribution in [0.5, 0.6) is 0 Å². The number of hydrogen-bond donors (Lipinski definition) is 0. The molecular formula is I3O9Pm-3. The average molecular weight is 670 g/mol. The van der Waals surface area contributed by atoms with Crippen LogP contribution in [-0.2, 0) is 0 Å². The van der Waals surface area contributed by atoms with E-state index in [1.807, 2.05) is 0 Å². The first-order valence-electron chi connectivity index (χ1n) is 1.39. The Morgan fingerprint density at radius 2 is 0.385 bits per heavy atom. The molecule has 13 heavy (non-hydrogen) atoms. The molecule has 0 atom stereocenters. The molecule has 0 aromatic carbocycles. The van der Waals surface area contributed by atoms with Gasteiger partial charge in [0.15, 0.2) is 0 Å². The largest absolute Gasteiger partial charge is 0.427 e. The summed E-state index contributed by atoms with van der Waals surface area (Å²) in [6, 6.07) is 0. The second-order valence-corrected chi connectivity index (χ2v) is 3.80. The smallest absolute Gasteiger partial charge is 0.282 e. The van der Waals surface area contributed by atoms with E-state index in [2.05, 4.69) is 0 Å². The first-order chi connectivity index (χ1) is 5.20. The minimum absolute atomic E-state index is 0. The fraction of sp³-hybridized carbons (Fsp3) is 0.